The fourth-order valence-corrected chi connectivity index (χ4v) is 5.14. The first-order valence-electron chi connectivity index (χ1n) is 14.6. The Labute approximate surface area is 242 Å². The molecule has 220 valence electrons. The molecule has 3 aromatic carbocycles. The van der Waals surface area contributed by atoms with Crippen LogP contribution in [0.25, 0.3) is 0 Å². The summed E-state index contributed by atoms with van der Waals surface area (Å²) in [7, 11) is 0. The highest BCUT2D eigenvalue weighted by atomic mass is 19.1. The molecule has 3 rings (SSSR count). The minimum Gasteiger partial charge on any atom is -0.390 e. The van der Waals surface area contributed by atoms with Gasteiger partial charge < -0.3 is 15.7 Å². The van der Waals surface area contributed by atoms with Crippen molar-refractivity contribution in [2.75, 3.05) is 6.54 Å². The highest BCUT2D eigenvalue weighted by Crippen LogP contribution is 2.21. The number of amides is 1. The van der Waals surface area contributed by atoms with E-state index in [0.29, 0.717) is 17.7 Å². The first kappa shape index (κ1) is 32.1. The molecule has 41 heavy (non-hydrogen) atoms. The Morgan fingerprint density at radius 3 is 2.10 bits per heavy atom. The normalized spacial score (nSPS) is 12.8. The lowest BCUT2D eigenvalue weighted by Gasteiger charge is -2.25. The van der Waals surface area contributed by atoms with Crippen molar-refractivity contribution in [2.45, 2.75) is 78.0 Å². The Hall–Kier alpha value is -3.42. The van der Waals surface area contributed by atoms with E-state index in [-0.39, 0.29) is 30.2 Å². The van der Waals surface area contributed by atoms with E-state index < -0.39 is 29.7 Å². The average molecular weight is 565 g/mol. The van der Waals surface area contributed by atoms with Gasteiger partial charge in [-0.3, -0.25) is 9.59 Å². The molecule has 0 saturated carbocycles. The molecule has 3 aromatic rings. The van der Waals surface area contributed by atoms with Gasteiger partial charge in [0.1, 0.15) is 11.6 Å². The second-order valence-electron chi connectivity index (χ2n) is 10.7. The van der Waals surface area contributed by atoms with Crippen LogP contribution in [0, 0.1) is 17.6 Å². The molecule has 0 aliphatic rings. The Morgan fingerprint density at radius 2 is 1.44 bits per heavy atom. The van der Waals surface area contributed by atoms with Crippen molar-refractivity contribution in [3.8, 4) is 0 Å². The van der Waals surface area contributed by atoms with Crippen LogP contribution in [-0.2, 0) is 19.4 Å². The van der Waals surface area contributed by atoms with Crippen molar-refractivity contribution >= 4 is 11.7 Å². The van der Waals surface area contributed by atoms with Gasteiger partial charge in [-0.2, -0.15) is 0 Å². The van der Waals surface area contributed by atoms with E-state index >= 15 is 0 Å². The van der Waals surface area contributed by atoms with Gasteiger partial charge in [0, 0.05) is 36.2 Å². The molecule has 0 radical (unpaired) electrons. The van der Waals surface area contributed by atoms with Crippen LogP contribution in [0.3, 0.4) is 0 Å². The van der Waals surface area contributed by atoms with E-state index in [0.717, 1.165) is 43.7 Å². The van der Waals surface area contributed by atoms with Gasteiger partial charge in [-0.05, 0) is 66.6 Å². The third-order valence-corrected chi connectivity index (χ3v) is 7.30. The van der Waals surface area contributed by atoms with Crippen LogP contribution in [0.1, 0.15) is 83.9 Å². The minimum absolute atomic E-state index is 0.0162. The number of aliphatic hydroxyl groups is 1. The maximum atomic E-state index is 13.9. The molecule has 0 saturated heterocycles. The Balaban J connectivity index is 1.76. The largest absolute Gasteiger partial charge is 0.390 e. The van der Waals surface area contributed by atoms with E-state index in [1.807, 2.05) is 26.0 Å². The summed E-state index contributed by atoms with van der Waals surface area (Å²) in [5.41, 5.74) is 3.35. The standard InChI is InChI=1S/C34H42F2N2O3/c1-4-9-26(10-5-2)33(40)27-13-8-14-28(19-27)34(41)38-31(18-25-16-29(35)20-30(36)17-25)32(39)22-37-21-24-12-7-11-23(6-3)15-24/h7-8,11-17,19-20,26,31-32,37,39H,4-6,9-10,18,21-22H2,1-3H3,(H,38,41). The summed E-state index contributed by atoms with van der Waals surface area (Å²) in [5, 5.41) is 17.2. The zero-order valence-electron chi connectivity index (χ0n) is 24.3. The van der Waals surface area contributed by atoms with Gasteiger partial charge in [-0.1, -0.05) is 70.0 Å². The molecule has 7 heteroatoms. The number of carbonyl (C=O) groups is 2. The number of benzene rings is 3. The number of Topliss-reactive ketones (excluding diaryl/α,β-unsaturated/α-hetero) is 1. The quantitative estimate of drug-likeness (QED) is 0.176. The number of ketones is 1. The number of carbonyl (C=O) groups excluding carboxylic acids is 2. The van der Waals surface area contributed by atoms with Crippen LogP contribution in [0.5, 0.6) is 0 Å². The maximum Gasteiger partial charge on any atom is 0.251 e. The van der Waals surface area contributed by atoms with Crippen LogP contribution in [0.15, 0.2) is 66.7 Å². The smallest absolute Gasteiger partial charge is 0.251 e. The van der Waals surface area contributed by atoms with Crippen molar-refractivity contribution in [2.24, 2.45) is 5.92 Å². The second kappa shape index (κ2) is 16.1. The number of hydrogen-bond donors (Lipinski definition) is 3. The number of nitrogens with one attached hydrogen (secondary N) is 2. The summed E-state index contributed by atoms with van der Waals surface area (Å²) in [6.45, 7) is 6.84. The molecule has 2 unspecified atom stereocenters. The van der Waals surface area contributed by atoms with Crippen LogP contribution >= 0.6 is 0 Å². The Morgan fingerprint density at radius 1 is 0.805 bits per heavy atom. The fourth-order valence-electron chi connectivity index (χ4n) is 5.14. The molecular weight excluding hydrogens is 522 g/mol. The first-order chi connectivity index (χ1) is 19.7. The molecule has 5 nitrogen and oxygen atoms in total. The predicted molar refractivity (Wildman–Crippen MR) is 159 cm³/mol. The zero-order valence-corrected chi connectivity index (χ0v) is 24.3. The van der Waals surface area contributed by atoms with Gasteiger partial charge in [-0.25, -0.2) is 8.78 Å². The number of rotatable bonds is 16. The van der Waals surface area contributed by atoms with Gasteiger partial charge >= 0.3 is 0 Å². The average Bonchev–Trinajstić information content (AvgIpc) is 2.96. The predicted octanol–water partition coefficient (Wildman–Crippen LogP) is 6.42. The lowest BCUT2D eigenvalue weighted by molar-refractivity contribution is 0.0829. The highest BCUT2D eigenvalue weighted by Gasteiger charge is 2.24. The lowest BCUT2D eigenvalue weighted by Crippen LogP contribution is -2.48. The Kier molecular flexibility index (Phi) is 12.6. The van der Waals surface area contributed by atoms with Crippen molar-refractivity contribution in [3.05, 3.63) is 106 Å². The molecule has 2 atom stereocenters. The number of aliphatic hydroxyl groups excluding tert-OH is 1. The van der Waals surface area contributed by atoms with Crippen molar-refractivity contribution in [3.63, 3.8) is 0 Å². The van der Waals surface area contributed by atoms with Gasteiger partial charge in [-0.15, -0.1) is 0 Å². The second-order valence-corrected chi connectivity index (χ2v) is 10.7. The molecule has 0 aromatic heterocycles. The lowest BCUT2D eigenvalue weighted by atomic mass is 9.89. The molecule has 3 N–H and O–H groups in total. The van der Waals surface area contributed by atoms with Gasteiger partial charge in [0.25, 0.3) is 5.91 Å². The summed E-state index contributed by atoms with van der Waals surface area (Å²) >= 11 is 0. The van der Waals surface area contributed by atoms with Crippen molar-refractivity contribution in [1.29, 1.82) is 0 Å². The first-order valence-corrected chi connectivity index (χ1v) is 14.6. The molecule has 0 aliphatic carbocycles. The summed E-state index contributed by atoms with van der Waals surface area (Å²) in [4.78, 5) is 26.5. The molecule has 0 spiro atoms. The highest BCUT2D eigenvalue weighted by molar-refractivity contribution is 6.01. The van der Waals surface area contributed by atoms with Crippen LogP contribution in [-0.4, -0.2) is 35.5 Å². The van der Waals surface area contributed by atoms with Gasteiger partial charge in [0.05, 0.1) is 12.1 Å². The molecule has 0 bridgehead atoms. The topological polar surface area (TPSA) is 78.4 Å². The molecule has 0 aliphatic heterocycles. The van der Waals surface area contributed by atoms with Crippen molar-refractivity contribution < 1.29 is 23.5 Å². The van der Waals surface area contributed by atoms with Gasteiger partial charge in [0.15, 0.2) is 5.78 Å². The van der Waals surface area contributed by atoms with Crippen LogP contribution < -0.4 is 10.6 Å². The summed E-state index contributed by atoms with van der Waals surface area (Å²) in [5.74, 6) is -2.00. The summed E-state index contributed by atoms with van der Waals surface area (Å²) < 4.78 is 27.8. The van der Waals surface area contributed by atoms with E-state index in [9.17, 15) is 23.5 Å². The van der Waals surface area contributed by atoms with Gasteiger partial charge in [0.2, 0.25) is 0 Å². The maximum absolute atomic E-state index is 13.9. The van der Waals surface area contributed by atoms with E-state index in [1.54, 1.807) is 24.3 Å². The Bertz CT molecular complexity index is 1270. The van der Waals surface area contributed by atoms with E-state index in [4.69, 9.17) is 0 Å². The molecular formula is C34H42F2N2O3. The summed E-state index contributed by atoms with van der Waals surface area (Å²) in [6.07, 6.45) is 3.25. The van der Waals surface area contributed by atoms with Crippen molar-refractivity contribution in [1.82, 2.24) is 10.6 Å². The number of hydrogen-bond acceptors (Lipinski definition) is 4. The molecule has 0 heterocycles. The van der Waals surface area contributed by atoms with Crippen LogP contribution in [0.4, 0.5) is 8.78 Å². The molecule has 1 amide bonds. The zero-order chi connectivity index (χ0) is 29.8. The number of halogens is 2. The SMILES string of the molecule is CCCC(CCC)C(=O)c1cccc(C(=O)NC(Cc2cc(F)cc(F)c2)C(O)CNCc2cccc(CC)c2)c1. The molecule has 0 fully saturated rings. The van der Waals surface area contributed by atoms with Crippen LogP contribution in [0.2, 0.25) is 0 Å². The third-order valence-electron chi connectivity index (χ3n) is 7.30. The third kappa shape index (κ3) is 9.87. The van der Waals surface area contributed by atoms with E-state index in [2.05, 4.69) is 29.7 Å². The monoisotopic (exact) mass is 564 g/mol. The fraction of sp³-hybridized carbons (Fsp3) is 0.412. The number of aryl methyl sites for hydroxylation is 1. The minimum atomic E-state index is -1.05. The van der Waals surface area contributed by atoms with E-state index in [1.165, 1.54) is 17.7 Å². The summed E-state index contributed by atoms with van der Waals surface area (Å²) in [6, 6.07) is 17.0.